The number of nitrogens with zero attached hydrogens (tertiary/aromatic N) is 2. The van der Waals surface area contributed by atoms with Crippen LogP contribution in [0.25, 0.3) is 0 Å². The molecule has 0 unspecified atom stereocenters. The maximum atomic E-state index is 13.6. The first-order chi connectivity index (χ1) is 12.7. The molecule has 0 bridgehead atoms. The van der Waals surface area contributed by atoms with Crippen LogP contribution in [0.2, 0.25) is 0 Å². The van der Waals surface area contributed by atoms with Gasteiger partial charge in [0, 0.05) is 37.3 Å². The summed E-state index contributed by atoms with van der Waals surface area (Å²) in [7, 11) is 0. The molecule has 1 aromatic heterocycles. The average Bonchev–Trinajstić information content (AvgIpc) is 3.09. The lowest BCUT2D eigenvalue weighted by molar-refractivity contribution is -0.120. The summed E-state index contributed by atoms with van der Waals surface area (Å²) in [6.07, 6.45) is 0.278. The van der Waals surface area contributed by atoms with Crippen LogP contribution in [0.3, 0.4) is 0 Å². The van der Waals surface area contributed by atoms with Gasteiger partial charge in [0.1, 0.15) is 10.2 Å². The Morgan fingerprint density at radius 3 is 2.96 bits per heavy atom. The first-order valence-electron chi connectivity index (χ1n) is 8.58. The van der Waals surface area contributed by atoms with Gasteiger partial charge in [0.15, 0.2) is 0 Å². The molecular weight excluding hydrogens is 373 g/mol. The van der Waals surface area contributed by atoms with Gasteiger partial charge in [0.25, 0.3) is 0 Å². The van der Waals surface area contributed by atoms with E-state index in [4.69, 9.17) is 4.74 Å². The number of aromatic nitrogens is 1. The molecule has 2 heterocycles. The molecule has 2 aromatic rings. The van der Waals surface area contributed by atoms with Gasteiger partial charge in [-0.05, 0) is 11.6 Å². The zero-order chi connectivity index (χ0) is 18.2. The van der Waals surface area contributed by atoms with Crippen molar-refractivity contribution in [2.24, 2.45) is 0 Å². The highest BCUT2D eigenvalue weighted by Crippen LogP contribution is 2.27. The van der Waals surface area contributed by atoms with E-state index in [-0.39, 0.29) is 18.1 Å². The van der Waals surface area contributed by atoms with E-state index in [1.165, 1.54) is 29.2 Å². The Hall–Kier alpha value is -1.48. The summed E-state index contributed by atoms with van der Waals surface area (Å²) in [5, 5.41) is 4.83. The summed E-state index contributed by atoms with van der Waals surface area (Å²) in [5.41, 5.74) is 1.42. The fraction of sp³-hybridized carbons (Fsp3) is 0.444. The Morgan fingerprint density at radius 1 is 1.35 bits per heavy atom. The molecule has 1 aliphatic rings. The van der Waals surface area contributed by atoms with Gasteiger partial charge in [-0.2, -0.15) is 0 Å². The van der Waals surface area contributed by atoms with Crippen molar-refractivity contribution in [3.05, 3.63) is 46.7 Å². The van der Waals surface area contributed by atoms with Gasteiger partial charge in [0.2, 0.25) is 5.91 Å². The van der Waals surface area contributed by atoms with Crippen LogP contribution in [0.1, 0.15) is 11.3 Å². The summed E-state index contributed by atoms with van der Waals surface area (Å²) >= 11 is 2.98. The topological polar surface area (TPSA) is 54.5 Å². The van der Waals surface area contributed by atoms with Crippen molar-refractivity contribution in [3.8, 4) is 0 Å². The highest BCUT2D eigenvalue weighted by atomic mass is 32.2. The van der Waals surface area contributed by atoms with Crippen molar-refractivity contribution in [3.63, 3.8) is 0 Å². The van der Waals surface area contributed by atoms with Crippen molar-refractivity contribution in [2.45, 2.75) is 16.5 Å². The monoisotopic (exact) mass is 395 g/mol. The molecule has 1 amide bonds. The summed E-state index contributed by atoms with van der Waals surface area (Å²) < 4.78 is 19.8. The minimum atomic E-state index is -0.198. The standard InChI is InChI=1S/C18H22FN3O2S2/c19-16-4-2-1-3-14(16)12-25-18-21-15(13-26-18)11-17(23)20-5-6-22-7-9-24-10-8-22/h1-4,13H,5-12H2,(H,20,23). The van der Waals surface area contributed by atoms with Gasteiger partial charge >= 0.3 is 0 Å². The van der Waals surface area contributed by atoms with E-state index in [1.807, 2.05) is 11.4 Å². The molecular formula is C18H22FN3O2S2. The summed E-state index contributed by atoms with van der Waals surface area (Å²) in [4.78, 5) is 18.8. The van der Waals surface area contributed by atoms with Crippen LogP contribution in [0.15, 0.2) is 34.0 Å². The quantitative estimate of drug-likeness (QED) is 0.697. The van der Waals surface area contributed by atoms with Gasteiger partial charge in [0.05, 0.1) is 25.3 Å². The van der Waals surface area contributed by atoms with E-state index >= 15 is 0 Å². The Bertz CT molecular complexity index is 720. The SMILES string of the molecule is O=C(Cc1csc(SCc2ccccc2F)n1)NCCN1CCOCC1. The predicted octanol–water partition coefficient (Wildman–Crippen LogP) is 2.57. The summed E-state index contributed by atoms with van der Waals surface area (Å²) in [6.45, 7) is 4.85. The number of thioether (sulfide) groups is 1. The second-order valence-corrected chi connectivity index (χ2v) is 8.05. The molecule has 26 heavy (non-hydrogen) atoms. The van der Waals surface area contributed by atoms with Crippen LogP contribution >= 0.6 is 23.1 Å². The van der Waals surface area contributed by atoms with Gasteiger partial charge < -0.3 is 10.1 Å². The Kier molecular flexibility index (Phi) is 7.43. The van der Waals surface area contributed by atoms with Crippen LogP contribution in [0.4, 0.5) is 4.39 Å². The number of halogens is 1. The lowest BCUT2D eigenvalue weighted by Crippen LogP contribution is -2.41. The van der Waals surface area contributed by atoms with Gasteiger partial charge in [-0.15, -0.1) is 11.3 Å². The third kappa shape index (κ3) is 6.05. The molecule has 0 radical (unpaired) electrons. The number of carbonyl (C=O) groups excluding carboxylic acids is 1. The minimum absolute atomic E-state index is 0.0192. The molecule has 1 aliphatic heterocycles. The molecule has 1 saturated heterocycles. The van der Waals surface area contributed by atoms with Gasteiger partial charge in [-0.1, -0.05) is 30.0 Å². The van der Waals surface area contributed by atoms with Gasteiger partial charge in [-0.25, -0.2) is 9.37 Å². The highest BCUT2D eigenvalue weighted by molar-refractivity contribution is 8.00. The van der Waals surface area contributed by atoms with Crippen molar-refractivity contribution in [1.29, 1.82) is 0 Å². The number of thiazole rings is 1. The van der Waals surface area contributed by atoms with Crippen molar-refractivity contribution in [2.75, 3.05) is 39.4 Å². The second-order valence-electron chi connectivity index (χ2n) is 5.97. The van der Waals surface area contributed by atoms with Crippen molar-refractivity contribution < 1.29 is 13.9 Å². The number of benzene rings is 1. The lowest BCUT2D eigenvalue weighted by Gasteiger charge is -2.26. The van der Waals surface area contributed by atoms with E-state index in [9.17, 15) is 9.18 Å². The molecule has 140 valence electrons. The number of ether oxygens (including phenoxy) is 1. The maximum Gasteiger partial charge on any atom is 0.226 e. The van der Waals surface area contributed by atoms with Crippen LogP contribution in [-0.4, -0.2) is 55.2 Å². The smallest absolute Gasteiger partial charge is 0.226 e. The van der Waals surface area contributed by atoms with E-state index in [2.05, 4.69) is 15.2 Å². The second kappa shape index (κ2) is 10.0. The fourth-order valence-corrected chi connectivity index (χ4v) is 4.43. The molecule has 0 spiro atoms. The average molecular weight is 396 g/mol. The van der Waals surface area contributed by atoms with Crippen LogP contribution < -0.4 is 5.32 Å². The molecule has 3 rings (SSSR count). The third-order valence-corrected chi connectivity index (χ3v) is 6.15. The van der Waals surface area contributed by atoms with Crippen molar-refractivity contribution >= 4 is 29.0 Å². The predicted molar refractivity (Wildman–Crippen MR) is 102 cm³/mol. The summed E-state index contributed by atoms with van der Waals surface area (Å²) in [5.74, 6) is 0.316. The molecule has 1 fully saturated rings. The molecule has 0 atom stereocenters. The van der Waals surface area contributed by atoms with E-state index in [0.717, 1.165) is 42.9 Å². The first-order valence-corrected chi connectivity index (χ1v) is 10.4. The third-order valence-electron chi connectivity index (χ3n) is 4.04. The zero-order valence-corrected chi connectivity index (χ0v) is 16.1. The number of nitrogens with one attached hydrogen (secondary N) is 1. The Balaban J connectivity index is 1.38. The summed E-state index contributed by atoms with van der Waals surface area (Å²) in [6, 6.07) is 6.75. The van der Waals surface area contributed by atoms with Crippen LogP contribution in [0, 0.1) is 5.82 Å². The number of hydrogen-bond acceptors (Lipinski definition) is 6. The largest absolute Gasteiger partial charge is 0.379 e. The lowest BCUT2D eigenvalue weighted by atomic mass is 10.2. The van der Waals surface area contributed by atoms with E-state index in [1.54, 1.807) is 12.1 Å². The zero-order valence-electron chi connectivity index (χ0n) is 14.4. The maximum absolute atomic E-state index is 13.6. The number of amides is 1. The normalized spacial score (nSPS) is 15.1. The number of hydrogen-bond donors (Lipinski definition) is 1. The Morgan fingerprint density at radius 2 is 2.15 bits per heavy atom. The fourth-order valence-electron chi connectivity index (χ4n) is 2.60. The van der Waals surface area contributed by atoms with E-state index in [0.29, 0.717) is 17.9 Å². The van der Waals surface area contributed by atoms with Gasteiger partial charge in [-0.3, -0.25) is 9.69 Å². The molecule has 0 aliphatic carbocycles. The first kappa shape index (κ1) is 19.3. The molecule has 5 nitrogen and oxygen atoms in total. The van der Waals surface area contributed by atoms with Crippen LogP contribution in [-0.2, 0) is 21.7 Å². The highest BCUT2D eigenvalue weighted by Gasteiger charge is 2.12. The molecule has 0 saturated carbocycles. The van der Waals surface area contributed by atoms with Crippen molar-refractivity contribution in [1.82, 2.24) is 15.2 Å². The Labute approximate surface area is 161 Å². The molecule has 1 aromatic carbocycles. The molecule has 1 N–H and O–H groups in total. The number of morpholine rings is 1. The molecule has 8 heteroatoms. The number of rotatable bonds is 8. The van der Waals surface area contributed by atoms with E-state index < -0.39 is 0 Å². The number of carbonyl (C=O) groups is 1. The van der Waals surface area contributed by atoms with Crippen LogP contribution in [0.5, 0.6) is 0 Å². The minimum Gasteiger partial charge on any atom is -0.379 e.